The van der Waals surface area contributed by atoms with Crippen LogP contribution >= 0.6 is 0 Å². The molecule has 0 radical (unpaired) electrons. The van der Waals surface area contributed by atoms with E-state index in [1.807, 2.05) is 0 Å². The third-order valence-corrected chi connectivity index (χ3v) is 12.2. The first-order valence-electron chi connectivity index (χ1n) is 15.4. The maximum Gasteiger partial charge on any atom is 0.303 e. The molecule has 0 unspecified atom stereocenters. The van der Waals surface area contributed by atoms with Crippen LogP contribution in [0.3, 0.4) is 0 Å². The van der Waals surface area contributed by atoms with Crippen molar-refractivity contribution in [1.29, 1.82) is 0 Å². The first kappa shape index (κ1) is 30.3. The van der Waals surface area contributed by atoms with E-state index in [0.717, 1.165) is 44.9 Å². The maximum atomic E-state index is 12.0. The Labute approximate surface area is 237 Å². The second-order valence-corrected chi connectivity index (χ2v) is 15.1. The molecule has 0 spiro atoms. The van der Waals surface area contributed by atoms with Gasteiger partial charge in [-0.25, -0.2) is 0 Å². The van der Waals surface area contributed by atoms with Crippen LogP contribution in [0.4, 0.5) is 0 Å². The summed E-state index contributed by atoms with van der Waals surface area (Å²) >= 11 is 0. The van der Waals surface area contributed by atoms with Crippen LogP contribution in [0.15, 0.2) is 23.3 Å². The first-order valence-corrected chi connectivity index (χ1v) is 15.4. The quantitative estimate of drug-likeness (QED) is 0.279. The Kier molecular flexibility index (Phi) is 8.04. The summed E-state index contributed by atoms with van der Waals surface area (Å²) in [5, 5.41) is 12.0. The van der Waals surface area contributed by atoms with Crippen molar-refractivity contribution in [3.05, 3.63) is 23.3 Å². The molecule has 0 saturated heterocycles. The molecule has 1 N–H and O–H groups in total. The summed E-state index contributed by atoms with van der Waals surface area (Å²) in [5.74, 6) is 1.07. The average Bonchev–Trinajstić information content (AvgIpc) is 3.06. The van der Waals surface area contributed by atoms with Gasteiger partial charge in [-0.2, -0.15) is 0 Å². The number of hydrogen-bond donors (Lipinski definition) is 1. The predicted octanol–water partition coefficient (Wildman–Crippen LogP) is 7.42. The molecule has 39 heavy (non-hydrogen) atoms. The van der Waals surface area contributed by atoms with E-state index < -0.39 is 6.10 Å². The van der Waals surface area contributed by atoms with E-state index in [1.54, 1.807) is 0 Å². The number of hydrogen-bond acceptors (Lipinski definition) is 5. The van der Waals surface area contributed by atoms with Gasteiger partial charge < -0.3 is 14.6 Å². The Morgan fingerprint density at radius 3 is 2.23 bits per heavy atom. The van der Waals surface area contributed by atoms with Crippen LogP contribution in [0.25, 0.3) is 0 Å². The lowest BCUT2D eigenvalue weighted by molar-refractivity contribution is -0.182. The molecule has 4 aliphatic rings. The van der Waals surface area contributed by atoms with E-state index in [0.29, 0.717) is 17.8 Å². The minimum Gasteiger partial charge on any atom is -0.462 e. The molecule has 0 heterocycles. The molecule has 4 rings (SSSR count). The highest BCUT2D eigenvalue weighted by molar-refractivity contribution is 5.66. The lowest BCUT2D eigenvalue weighted by Gasteiger charge is -2.67. The van der Waals surface area contributed by atoms with Crippen LogP contribution in [0.1, 0.15) is 114 Å². The van der Waals surface area contributed by atoms with Crippen LogP contribution in [-0.2, 0) is 19.1 Å². The van der Waals surface area contributed by atoms with Crippen molar-refractivity contribution in [2.24, 2.45) is 45.3 Å². The van der Waals surface area contributed by atoms with Gasteiger partial charge in [0.2, 0.25) is 0 Å². The summed E-state index contributed by atoms with van der Waals surface area (Å²) in [7, 11) is 0. The second kappa shape index (κ2) is 10.3. The van der Waals surface area contributed by atoms with Gasteiger partial charge in [-0.15, -0.1) is 0 Å². The molecular formula is C34H54O5. The van der Waals surface area contributed by atoms with Gasteiger partial charge >= 0.3 is 11.9 Å². The number of ether oxygens (including phenoxy) is 2. The van der Waals surface area contributed by atoms with Crippen molar-refractivity contribution in [3.63, 3.8) is 0 Å². The Balaban J connectivity index is 1.65. The van der Waals surface area contributed by atoms with Crippen LogP contribution in [0.2, 0.25) is 0 Å². The molecule has 5 nitrogen and oxygen atoms in total. The Bertz CT molecular complexity index is 1040. The molecule has 5 heteroatoms. The SMILES string of the molecule is CC(=O)O[C@H]1CC[C@@H]2C(=C[C@H](O)[C@@H]3[C@@]2(C)CC[C@]2(C)[C@@H]([C@H](C)C[C@H](C=C(C)C)OC(C)=O)CC[C@@]32C)C1(C)C. The van der Waals surface area contributed by atoms with Gasteiger partial charge in [0.1, 0.15) is 12.2 Å². The summed E-state index contributed by atoms with van der Waals surface area (Å²) < 4.78 is 11.5. The largest absolute Gasteiger partial charge is 0.462 e. The third-order valence-electron chi connectivity index (χ3n) is 12.2. The first-order chi connectivity index (χ1) is 18.0. The summed E-state index contributed by atoms with van der Waals surface area (Å²) in [4.78, 5) is 23.7. The van der Waals surface area contributed by atoms with Crippen molar-refractivity contribution in [1.82, 2.24) is 0 Å². The standard InChI is InChI=1S/C34H54O5/c1-20(2)17-24(38-22(4)35)18-21(3)25-13-14-34(10)30-28(37)19-27-26(32(30,8)15-16-33(25,34)9)11-12-29(31(27,6)7)39-23(5)36/h17,19,21,24-26,28-30,37H,11-16,18H2,1-10H3/t21-,24+,25-,26-,28+,29+,30-,32+,33-,34+/m1/s1. The second-order valence-electron chi connectivity index (χ2n) is 15.1. The smallest absolute Gasteiger partial charge is 0.303 e. The molecule has 4 aliphatic carbocycles. The summed E-state index contributed by atoms with van der Waals surface area (Å²) in [6.45, 7) is 21.3. The van der Waals surface area contributed by atoms with Crippen LogP contribution in [0.5, 0.6) is 0 Å². The lowest BCUT2D eigenvalue weighted by Crippen LogP contribution is -2.63. The minimum absolute atomic E-state index is 0.0106. The molecule has 0 aliphatic heterocycles. The molecule has 0 aromatic heterocycles. The normalized spacial score (nSPS) is 42.1. The van der Waals surface area contributed by atoms with Gasteiger partial charge in [-0.05, 0) is 98.9 Å². The van der Waals surface area contributed by atoms with Crippen molar-refractivity contribution < 1.29 is 24.2 Å². The molecule has 0 amide bonds. The van der Waals surface area contributed by atoms with Gasteiger partial charge in [0.15, 0.2) is 0 Å². The number of allylic oxidation sites excluding steroid dienone is 1. The fourth-order valence-corrected chi connectivity index (χ4v) is 10.4. The van der Waals surface area contributed by atoms with E-state index >= 15 is 0 Å². The third kappa shape index (κ3) is 4.93. The predicted molar refractivity (Wildman–Crippen MR) is 155 cm³/mol. The highest BCUT2D eigenvalue weighted by Crippen LogP contribution is 2.75. The summed E-state index contributed by atoms with van der Waals surface area (Å²) in [6.07, 6.45) is 10.7. The fraction of sp³-hybridized carbons (Fsp3) is 0.824. The highest BCUT2D eigenvalue weighted by atomic mass is 16.5. The topological polar surface area (TPSA) is 72.8 Å². The van der Waals surface area contributed by atoms with Gasteiger partial charge in [0.05, 0.1) is 6.10 Å². The van der Waals surface area contributed by atoms with Crippen molar-refractivity contribution in [3.8, 4) is 0 Å². The Hall–Kier alpha value is -1.62. The minimum atomic E-state index is -0.505. The molecule has 0 aromatic carbocycles. The van der Waals surface area contributed by atoms with Crippen molar-refractivity contribution in [2.75, 3.05) is 0 Å². The van der Waals surface area contributed by atoms with Crippen LogP contribution in [-0.4, -0.2) is 35.4 Å². The maximum absolute atomic E-state index is 12.0. The molecule has 220 valence electrons. The number of fused-ring (bicyclic) bond motifs is 5. The zero-order chi connectivity index (χ0) is 29.1. The van der Waals surface area contributed by atoms with E-state index in [2.05, 4.69) is 67.5 Å². The van der Waals surface area contributed by atoms with Crippen molar-refractivity contribution >= 4 is 11.9 Å². The number of aliphatic hydroxyl groups excluding tert-OH is 1. The Morgan fingerprint density at radius 2 is 1.64 bits per heavy atom. The zero-order valence-corrected chi connectivity index (χ0v) is 26.2. The van der Waals surface area contributed by atoms with Gasteiger partial charge in [-0.3, -0.25) is 9.59 Å². The van der Waals surface area contributed by atoms with E-state index in [9.17, 15) is 14.7 Å². The summed E-state index contributed by atoms with van der Waals surface area (Å²) in [5.41, 5.74) is 2.32. The molecule has 3 fully saturated rings. The van der Waals surface area contributed by atoms with E-state index in [4.69, 9.17) is 9.47 Å². The molecule has 3 saturated carbocycles. The number of aliphatic hydroxyl groups is 1. The number of esters is 2. The van der Waals surface area contributed by atoms with Crippen LogP contribution < -0.4 is 0 Å². The van der Waals surface area contributed by atoms with E-state index in [1.165, 1.54) is 25.0 Å². The van der Waals surface area contributed by atoms with E-state index in [-0.39, 0.29) is 51.7 Å². The number of rotatable bonds is 6. The number of carbonyl (C=O) groups is 2. The van der Waals surface area contributed by atoms with Gasteiger partial charge in [0, 0.05) is 25.2 Å². The molecular weight excluding hydrogens is 488 g/mol. The van der Waals surface area contributed by atoms with Crippen LogP contribution in [0, 0.1) is 45.3 Å². The fourth-order valence-electron chi connectivity index (χ4n) is 10.4. The van der Waals surface area contributed by atoms with Crippen molar-refractivity contribution in [2.45, 2.75) is 132 Å². The molecule has 0 bridgehead atoms. The monoisotopic (exact) mass is 542 g/mol. The summed E-state index contributed by atoms with van der Waals surface area (Å²) in [6, 6.07) is 0. The zero-order valence-electron chi connectivity index (χ0n) is 26.2. The molecule has 10 atom stereocenters. The molecule has 0 aromatic rings. The van der Waals surface area contributed by atoms with Gasteiger partial charge in [0.25, 0.3) is 0 Å². The number of carbonyl (C=O) groups excluding carboxylic acids is 2. The highest BCUT2D eigenvalue weighted by Gasteiger charge is 2.69. The Morgan fingerprint density at radius 1 is 0.974 bits per heavy atom. The average molecular weight is 543 g/mol. The lowest BCUT2D eigenvalue weighted by atomic mass is 9.38. The van der Waals surface area contributed by atoms with Gasteiger partial charge in [-0.1, -0.05) is 58.8 Å².